The van der Waals surface area contributed by atoms with Crippen LogP contribution in [0.1, 0.15) is 11.3 Å². The van der Waals surface area contributed by atoms with E-state index in [-0.39, 0.29) is 12.2 Å². The number of aromatic amines is 1. The van der Waals surface area contributed by atoms with E-state index in [0.717, 1.165) is 11.1 Å². The Morgan fingerprint density at radius 3 is 3.04 bits per heavy atom. The summed E-state index contributed by atoms with van der Waals surface area (Å²) in [5.74, 6) is 1.57. The maximum Gasteiger partial charge on any atom is 0.276 e. The minimum atomic E-state index is -0.260. The summed E-state index contributed by atoms with van der Waals surface area (Å²) in [6.07, 6.45) is 0. The smallest absolute Gasteiger partial charge is 0.276 e. The standard InChI is InChI=1S/C17H13ClN4O2S/c1-10-13(18)3-2-4-14(10)24-8-12-7-15(23)22-17(19-12)20-16(21-22)11-5-6-25-9-11/h2-7,9H,8H2,1H3,(H,19,20,21). The molecular weight excluding hydrogens is 360 g/mol. The van der Waals surface area contributed by atoms with E-state index in [4.69, 9.17) is 16.3 Å². The van der Waals surface area contributed by atoms with E-state index in [1.807, 2.05) is 35.9 Å². The number of rotatable bonds is 4. The van der Waals surface area contributed by atoms with Crippen molar-refractivity contribution in [3.8, 4) is 17.1 Å². The number of hydrogen-bond acceptors (Lipinski definition) is 5. The molecule has 0 saturated carbocycles. The Bertz CT molecular complexity index is 1100. The van der Waals surface area contributed by atoms with Crippen LogP contribution in [0.3, 0.4) is 0 Å². The number of halogens is 1. The average molecular weight is 373 g/mol. The van der Waals surface area contributed by atoms with Gasteiger partial charge in [0.15, 0.2) is 5.82 Å². The van der Waals surface area contributed by atoms with Crippen LogP contribution in [0.5, 0.6) is 5.75 Å². The number of H-pyrrole nitrogens is 1. The molecule has 0 saturated heterocycles. The van der Waals surface area contributed by atoms with Gasteiger partial charge >= 0.3 is 0 Å². The highest BCUT2D eigenvalue weighted by atomic mass is 35.5. The van der Waals surface area contributed by atoms with Crippen LogP contribution in [0.2, 0.25) is 5.02 Å². The van der Waals surface area contributed by atoms with Gasteiger partial charge in [0.2, 0.25) is 5.78 Å². The van der Waals surface area contributed by atoms with E-state index >= 15 is 0 Å². The Hall–Kier alpha value is -2.64. The van der Waals surface area contributed by atoms with Gasteiger partial charge in [-0.3, -0.25) is 4.79 Å². The molecule has 3 heterocycles. The molecule has 6 nitrogen and oxygen atoms in total. The monoisotopic (exact) mass is 372 g/mol. The summed E-state index contributed by atoms with van der Waals surface area (Å²) in [4.78, 5) is 19.8. The van der Waals surface area contributed by atoms with Gasteiger partial charge in [-0.2, -0.15) is 20.8 Å². The SMILES string of the molecule is Cc1c(Cl)cccc1OCc1cc(=O)n2nc(-c3ccsc3)nc2[nH]1. The summed E-state index contributed by atoms with van der Waals surface area (Å²) in [6, 6.07) is 8.83. The van der Waals surface area contributed by atoms with Crippen molar-refractivity contribution in [3.05, 3.63) is 67.7 Å². The first-order chi connectivity index (χ1) is 12.1. The Morgan fingerprint density at radius 1 is 1.36 bits per heavy atom. The van der Waals surface area contributed by atoms with E-state index in [0.29, 0.717) is 28.1 Å². The van der Waals surface area contributed by atoms with Crippen LogP contribution in [0.4, 0.5) is 0 Å². The highest BCUT2D eigenvalue weighted by Crippen LogP contribution is 2.25. The van der Waals surface area contributed by atoms with E-state index in [2.05, 4.69) is 15.1 Å². The number of ether oxygens (including phenoxy) is 1. The van der Waals surface area contributed by atoms with Crippen molar-refractivity contribution >= 4 is 28.7 Å². The van der Waals surface area contributed by atoms with Crippen molar-refractivity contribution in [1.82, 2.24) is 19.6 Å². The number of aromatic nitrogens is 4. The molecule has 25 heavy (non-hydrogen) atoms. The Balaban J connectivity index is 1.64. The number of fused-ring (bicyclic) bond motifs is 1. The lowest BCUT2D eigenvalue weighted by Crippen LogP contribution is -2.16. The first-order valence-electron chi connectivity index (χ1n) is 7.51. The lowest BCUT2D eigenvalue weighted by molar-refractivity contribution is 0.299. The molecule has 0 radical (unpaired) electrons. The zero-order valence-corrected chi connectivity index (χ0v) is 14.8. The molecule has 1 aromatic carbocycles. The highest BCUT2D eigenvalue weighted by molar-refractivity contribution is 7.08. The second kappa shape index (κ2) is 6.34. The summed E-state index contributed by atoms with van der Waals surface area (Å²) in [6.45, 7) is 2.09. The third-order valence-electron chi connectivity index (χ3n) is 3.77. The normalized spacial score (nSPS) is 11.1. The highest BCUT2D eigenvalue weighted by Gasteiger charge is 2.11. The lowest BCUT2D eigenvalue weighted by atomic mass is 10.2. The minimum Gasteiger partial charge on any atom is -0.487 e. The second-order valence-electron chi connectivity index (χ2n) is 5.47. The zero-order chi connectivity index (χ0) is 17.4. The van der Waals surface area contributed by atoms with Crippen LogP contribution in [0, 0.1) is 6.92 Å². The fraction of sp³-hybridized carbons (Fsp3) is 0.118. The van der Waals surface area contributed by atoms with E-state index in [9.17, 15) is 4.79 Å². The van der Waals surface area contributed by atoms with Gasteiger partial charge in [-0.1, -0.05) is 17.7 Å². The summed E-state index contributed by atoms with van der Waals surface area (Å²) in [7, 11) is 0. The van der Waals surface area contributed by atoms with Gasteiger partial charge in [-0.25, -0.2) is 0 Å². The van der Waals surface area contributed by atoms with Gasteiger partial charge in [0, 0.05) is 27.6 Å². The van der Waals surface area contributed by atoms with Crippen molar-refractivity contribution in [2.45, 2.75) is 13.5 Å². The van der Waals surface area contributed by atoms with E-state index in [1.54, 1.807) is 17.4 Å². The van der Waals surface area contributed by atoms with Crippen LogP contribution >= 0.6 is 22.9 Å². The third kappa shape index (κ3) is 3.04. The second-order valence-corrected chi connectivity index (χ2v) is 6.65. The van der Waals surface area contributed by atoms with Crippen molar-refractivity contribution in [1.29, 1.82) is 0 Å². The molecule has 126 valence electrons. The van der Waals surface area contributed by atoms with Gasteiger partial charge in [-0.15, -0.1) is 5.10 Å². The maximum absolute atomic E-state index is 12.3. The molecule has 3 aromatic heterocycles. The molecule has 0 aliphatic heterocycles. The van der Waals surface area contributed by atoms with Crippen molar-refractivity contribution in [2.75, 3.05) is 0 Å². The van der Waals surface area contributed by atoms with Gasteiger partial charge < -0.3 is 9.72 Å². The van der Waals surface area contributed by atoms with E-state index < -0.39 is 0 Å². The lowest BCUT2D eigenvalue weighted by Gasteiger charge is -2.09. The van der Waals surface area contributed by atoms with Crippen LogP contribution in [0.25, 0.3) is 17.2 Å². The predicted octanol–water partition coefficient (Wildman–Crippen LogP) is 3.69. The zero-order valence-electron chi connectivity index (χ0n) is 13.2. The molecule has 0 aliphatic carbocycles. The molecule has 8 heteroatoms. The molecular formula is C17H13ClN4O2S. The van der Waals surface area contributed by atoms with Crippen molar-refractivity contribution in [3.63, 3.8) is 0 Å². The van der Waals surface area contributed by atoms with E-state index in [1.165, 1.54) is 10.6 Å². The first kappa shape index (κ1) is 15.9. The summed E-state index contributed by atoms with van der Waals surface area (Å²) >= 11 is 7.64. The molecule has 4 rings (SSSR count). The summed E-state index contributed by atoms with van der Waals surface area (Å²) < 4.78 is 7.03. The molecule has 0 aliphatic rings. The quantitative estimate of drug-likeness (QED) is 0.593. The number of nitrogens with one attached hydrogen (secondary N) is 1. The van der Waals surface area contributed by atoms with Gasteiger partial charge in [0.25, 0.3) is 5.56 Å². The van der Waals surface area contributed by atoms with Gasteiger partial charge in [0.1, 0.15) is 12.4 Å². The molecule has 1 N–H and O–H groups in total. The molecule has 0 spiro atoms. The van der Waals surface area contributed by atoms with Crippen LogP contribution in [-0.4, -0.2) is 19.6 Å². The molecule has 4 aromatic rings. The topological polar surface area (TPSA) is 72.3 Å². The Morgan fingerprint density at radius 2 is 2.24 bits per heavy atom. The predicted molar refractivity (Wildman–Crippen MR) is 97.4 cm³/mol. The molecule has 0 unspecified atom stereocenters. The van der Waals surface area contributed by atoms with Crippen LogP contribution < -0.4 is 10.3 Å². The Labute approximate surface area is 151 Å². The van der Waals surface area contributed by atoms with Crippen LogP contribution in [-0.2, 0) is 6.61 Å². The number of benzene rings is 1. The first-order valence-corrected chi connectivity index (χ1v) is 8.83. The average Bonchev–Trinajstić information content (AvgIpc) is 3.25. The molecule has 0 bridgehead atoms. The summed E-state index contributed by atoms with van der Waals surface area (Å²) in [5, 5.41) is 8.76. The van der Waals surface area contributed by atoms with Crippen LogP contribution in [0.15, 0.2) is 45.9 Å². The van der Waals surface area contributed by atoms with Crippen molar-refractivity contribution in [2.24, 2.45) is 0 Å². The van der Waals surface area contributed by atoms with Crippen molar-refractivity contribution < 1.29 is 4.74 Å². The number of nitrogens with zero attached hydrogens (tertiary/aromatic N) is 3. The maximum atomic E-state index is 12.3. The fourth-order valence-corrected chi connectivity index (χ4v) is 3.23. The summed E-state index contributed by atoms with van der Waals surface area (Å²) in [5.41, 5.74) is 2.09. The fourth-order valence-electron chi connectivity index (χ4n) is 2.43. The number of thiophene rings is 1. The minimum absolute atomic E-state index is 0.202. The molecule has 0 amide bonds. The van der Waals surface area contributed by atoms with Gasteiger partial charge in [0.05, 0.1) is 5.69 Å². The van der Waals surface area contributed by atoms with Gasteiger partial charge in [-0.05, 0) is 30.5 Å². The molecule has 0 atom stereocenters. The third-order valence-corrected chi connectivity index (χ3v) is 4.86. The Kier molecular flexibility index (Phi) is 4.03. The molecule has 0 fully saturated rings. The number of hydrogen-bond donors (Lipinski definition) is 1. The largest absolute Gasteiger partial charge is 0.487 e.